The van der Waals surface area contributed by atoms with Crippen molar-refractivity contribution < 1.29 is 18.0 Å². The van der Waals surface area contributed by atoms with Crippen LogP contribution in [0.25, 0.3) is 0 Å². The Kier molecular flexibility index (Phi) is 4.51. The van der Waals surface area contributed by atoms with Crippen LogP contribution in [0.2, 0.25) is 0 Å². The van der Waals surface area contributed by atoms with Crippen LogP contribution in [0.5, 0.6) is 0 Å². The van der Waals surface area contributed by atoms with Gasteiger partial charge in [0.2, 0.25) is 5.91 Å². The minimum atomic E-state index is -4.30. The predicted molar refractivity (Wildman–Crippen MR) is 58.7 cm³/mol. The van der Waals surface area contributed by atoms with E-state index in [4.69, 9.17) is 0 Å². The summed E-state index contributed by atoms with van der Waals surface area (Å²) in [5.74, 6) is -0.502. The normalized spacial score (nSPS) is 11.3. The number of halogens is 3. The highest BCUT2D eigenvalue weighted by Gasteiger charge is 2.26. The van der Waals surface area contributed by atoms with Gasteiger partial charge in [0.1, 0.15) is 0 Å². The molecule has 0 aromatic heterocycles. The van der Waals surface area contributed by atoms with Crippen molar-refractivity contribution in [3.8, 4) is 0 Å². The molecule has 0 saturated carbocycles. The molecule has 0 bridgehead atoms. The second-order valence-electron chi connectivity index (χ2n) is 3.63. The van der Waals surface area contributed by atoms with E-state index in [9.17, 15) is 18.0 Å². The molecule has 0 unspecified atom stereocenters. The topological polar surface area (TPSA) is 41.1 Å². The summed E-state index contributed by atoms with van der Waals surface area (Å²) >= 11 is 0. The Hall–Kier alpha value is -1.56. The number of anilines is 1. The molecular weight excluding hydrogens is 233 g/mol. The highest BCUT2D eigenvalue weighted by atomic mass is 19.4. The van der Waals surface area contributed by atoms with Crippen LogP contribution < -0.4 is 10.6 Å². The van der Waals surface area contributed by atoms with Gasteiger partial charge in [-0.05, 0) is 19.1 Å². The average Bonchev–Trinajstić information content (AvgIpc) is 2.19. The van der Waals surface area contributed by atoms with Crippen LogP contribution in [-0.4, -0.2) is 25.2 Å². The fourth-order valence-electron chi connectivity index (χ4n) is 1.16. The second kappa shape index (κ2) is 5.67. The first kappa shape index (κ1) is 13.5. The molecule has 0 saturated heterocycles. The molecule has 0 atom stereocenters. The fourth-order valence-corrected chi connectivity index (χ4v) is 1.16. The average molecular weight is 246 g/mol. The highest BCUT2D eigenvalue weighted by Crippen LogP contribution is 2.12. The maximum absolute atomic E-state index is 11.8. The van der Waals surface area contributed by atoms with Crippen LogP contribution >= 0.6 is 0 Å². The standard InChI is InChI=1S/C11H13F3N2O/c1-8-2-4-9(5-3-8)16-10(17)6-15-7-11(12,13)14/h2-5,15H,6-7H2,1H3,(H,16,17). The number of nitrogens with one attached hydrogen (secondary N) is 2. The van der Waals surface area contributed by atoms with Gasteiger partial charge in [-0.3, -0.25) is 4.79 Å². The first-order chi connectivity index (χ1) is 7.87. The number of carbonyl (C=O) groups is 1. The van der Waals surface area contributed by atoms with Crippen molar-refractivity contribution >= 4 is 11.6 Å². The van der Waals surface area contributed by atoms with Crippen molar-refractivity contribution in [3.05, 3.63) is 29.8 Å². The molecule has 2 N–H and O–H groups in total. The first-order valence-electron chi connectivity index (χ1n) is 5.01. The summed E-state index contributed by atoms with van der Waals surface area (Å²) in [7, 11) is 0. The van der Waals surface area contributed by atoms with Gasteiger partial charge < -0.3 is 10.6 Å². The lowest BCUT2D eigenvalue weighted by molar-refractivity contribution is -0.126. The highest BCUT2D eigenvalue weighted by molar-refractivity contribution is 5.92. The zero-order valence-corrected chi connectivity index (χ0v) is 9.27. The van der Waals surface area contributed by atoms with Crippen LogP contribution in [0.15, 0.2) is 24.3 Å². The largest absolute Gasteiger partial charge is 0.401 e. The van der Waals surface area contributed by atoms with E-state index < -0.39 is 18.6 Å². The third-order valence-electron chi connectivity index (χ3n) is 1.95. The zero-order valence-electron chi connectivity index (χ0n) is 9.27. The van der Waals surface area contributed by atoms with E-state index in [0.29, 0.717) is 5.69 Å². The molecule has 1 aromatic rings. The van der Waals surface area contributed by atoms with E-state index in [1.165, 1.54) is 0 Å². The van der Waals surface area contributed by atoms with Gasteiger partial charge in [0.05, 0.1) is 13.1 Å². The summed E-state index contributed by atoms with van der Waals surface area (Å²) in [6, 6.07) is 6.99. The second-order valence-corrected chi connectivity index (χ2v) is 3.63. The lowest BCUT2D eigenvalue weighted by Gasteiger charge is -2.08. The Balaban J connectivity index is 2.32. The molecule has 0 aliphatic heterocycles. The molecule has 0 aliphatic carbocycles. The van der Waals surface area contributed by atoms with Crippen LogP contribution in [0.1, 0.15) is 5.56 Å². The Labute approximate surface area is 97.0 Å². The van der Waals surface area contributed by atoms with Crippen LogP contribution in [0.4, 0.5) is 18.9 Å². The Morgan fingerprint density at radius 2 is 1.82 bits per heavy atom. The number of amides is 1. The molecule has 94 valence electrons. The minimum Gasteiger partial charge on any atom is -0.325 e. The lowest BCUT2D eigenvalue weighted by Crippen LogP contribution is -2.35. The summed E-state index contributed by atoms with van der Waals surface area (Å²) in [6.45, 7) is 0.359. The quantitative estimate of drug-likeness (QED) is 0.854. The smallest absolute Gasteiger partial charge is 0.325 e. The summed E-state index contributed by atoms with van der Waals surface area (Å²) in [6.07, 6.45) is -4.30. The van der Waals surface area contributed by atoms with Crippen molar-refractivity contribution in [1.29, 1.82) is 0 Å². The number of alkyl halides is 3. The Bertz CT molecular complexity index is 373. The molecule has 17 heavy (non-hydrogen) atoms. The van der Waals surface area contributed by atoms with E-state index in [2.05, 4.69) is 5.32 Å². The molecule has 1 rings (SSSR count). The van der Waals surface area contributed by atoms with Crippen LogP contribution in [0.3, 0.4) is 0 Å². The SMILES string of the molecule is Cc1ccc(NC(=O)CNCC(F)(F)F)cc1. The maximum Gasteiger partial charge on any atom is 0.401 e. The molecule has 0 aliphatic rings. The number of carbonyl (C=O) groups excluding carboxylic acids is 1. The monoisotopic (exact) mass is 246 g/mol. The number of aryl methyl sites for hydroxylation is 1. The number of hydrogen-bond acceptors (Lipinski definition) is 2. The molecule has 1 amide bonds. The summed E-state index contributed by atoms with van der Waals surface area (Å²) in [5, 5.41) is 4.51. The predicted octanol–water partition coefficient (Wildman–Crippen LogP) is 2.09. The van der Waals surface area contributed by atoms with Gasteiger partial charge >= 0.3 is 6.18 Å². The molecule has 0 radical (unpaired) electrons. The van der Waals surface area contributed by atoms with Gasteiger partial charge in [0.15, 0.2) is 0 Å². The number of rotatable bonds is 4. The third-order valence-corrected chi connectivity index (χ3v) is 1.95. The molecule has 0 spiro atoms. The van der Waals surface area contributed by atoms with E-state index >= 15 is 0 Å². The Morgan fingerprint density at radius 3 is 2.35 bits per heavy atom. The van der Waals surface area contributed by atoms with Crippen molar-refractivity contribution in [3.63, 3.8) is 0 Å². The van der Waals surface area contributed by atoms with Crippen LogP contribution in [0, 0.1) is 6.92 Å². The van der Waals surface area contributed by atoms with Crippen molar-refractivity contribution in [1.82, 2.24) is 5.32 Å². The molecular formula is C11H13F3N2O. The van der Waals surface area contributed by atoms with E-state index in [-0.39, 0.29) is 6.54 Å². The van der Waals surface area contributed by atoms with E-state index in [1.807, 2.05) is 12.2 Å². The number of hydrogen-bond donors (Lipinski definition) is 2. The van der Waals surface area contributed by atoms with Gasteiger partial charge in [0.25, 0.3) is 0 Å². The molecule has 6 heteroatoms. The van der Waals surface area contributed by atoms with Crippen molar-refractivity contribution in [2.45, 2.75) is 13.1 Å². The maximum atomic E-state index is 11.8. The van der Waals surface area contributed by atoms with Gasteiger partial charge in [-0.2, -0.15) is 13.2 Å². The van der Waals surface area contributed by atoms with Gasteiger partial charge in [-0.25, -0.2) is 0 Å². The van der Waals surface area contributed by atoms with Crippen LogP contribution in [-0.2, 0) is 4.79 Å². The van der Waals surface area contributed by atoms with E-state index in [1.54, 1.807) is 24.3 Å². The Morgan fingerprint density at radius 1 is 1.24 bits per heavy atom. The lowest BCUT2D eigenvalue weighted by atomic mass is 10.2. The molecule has 3 nitrogen and oxygen atoms in total. The van der Waals surface area contributed by atoms with Gasteiger partial charge in [0, 0.05) is 5.69 Å². The van der Waals surface area contributed by atoms with E-state index in [0.717, 1.165) is 5.56 Å². The molecule has 0 fully saturated rings. The summed E-state index contributed by atoms with van der Waals surface area (Å²) < 4.78 is 35.3. The third kappa shape index (κ3) is 5.91. The van der Waals surface area contributed by atoms with Gasteiger partial charge in [-0.15, -0.1) is 0 Å². The van der Waals surface area contributed by atoms with Gasteiger partial charge in [-0.1, -0.05) is 17.7 Å². The van der Waals surface area contributed by atoms with Crippen molar-refractivity contribution in [2.75, 3.05) is 18.4 Å². The summed E-state index contributed by atoms with van der Waals surface area (Å²) in [5.41, 5.74) is 1.60. The summed E-state index contributed by atoms with van der Waals surface area (Å²) in [4.78, 5) is 11.2. The molecule has 1 aromatic carbocycles. The molecule has 0 heterocycles. The minimum absolute atomic E-state index is 0.368. The first-order valence-corrected chi connectivity index (χ1v) is 5.01. The number of benzene rings is 1. The van der Waals surface area contributed by atoms with Crippen molar-refractivity contribution in [2.24, 2.45) is 0 Å². The fraction of sp³-hybridized carbons (Fsp3) is 0.364. The zero-order chi connectivity index (χ0) is 12.9.